The number of alkyl halides is 2. The number of ether oxygens (including phenoxy) is 1. The average molecular weight is 288 g/mol. The number of aromatic nitrogens is 2. The predicted octanol–water partition coefficient (Wildman–Crippen LogP) is 1.49. The predicted molar refractivity (Wildman–Crippen MR) is 67.6 cm³/mol. The molecule has 0 amide bonds. The quantitative estimate of drug-likeness (QED) is 0.915. The Morgan fingerprint density at radius 2 is 2.25 bits per heavy atom. The van der Waals surface area contributed by atoms with Crippen LogP contribution in [0.5, 0.6) is 0 Å². The van der Waals surface area contributed by atoms with Crippen LogP contribution in [0.2, 0.25) is 0 Å². The Kier molecular flexibility index (Phi) is 3.93. The molecule has 1 aliphatic heterocycles. The van der Waals surface area contributed by atoms with Gasteiger partial charge in [0.05, 0.1) is 18.1 Å². The van der Waals surface area contributed by atoms with Crippen LogP contribution < -0.4 is 5.69 Å². The molecule has 112 valence electrons. The molecular formula is C13H18F2N2O3. The van der Waals surface area contributed by atoms with Crippen LogP contribution in [-0.2, 0) is 4.74 Å². The van der Waals surface area contributed by atoms with E-state index in [1.807, 2.05) is 0 Å². The zero-order chi connectivity index (χ0) is 15.1. The summed E-state index contributed by atoms with van der Waals surface area (Å²) < 4.78 is 34.9. The second kappa shape index (κ2) is 5.21. The molecule has 1 N–H and O–H groups in total. The fraction of sp³-hybridized carbons (Fsp3) is 0.692. The Morgan fingerprint density at radius 3 is 2.70 bits per heavy atom. The molecule has 1 fully saturated rings. The van der Waals surface area contributed by atoms with E-state index < -0.39 is 36.0 Å². The van der Waals surface area contributed by atoms with Crippen LogP contribution in [0.3, 0.4) is 0 Å². The first-order valence-electron chi connectivity index (χ1n) is 6.56. The van der Waals surface area contributed by atoms with Crippen molar-refractivity contribution in [1.82, 2.24) is 9.55 Å². The standard InChI is InChI=1S/C13H18F2N2O3/c1-4-9-10(8(3)18)20-11(13(9,14)15)17-6-5-7(2)16-12(17)19/h5-6,8-11,18H,4H2,1-3H3. The third-order valence-electron chi connectivity index (χ3n) is 3.64. The number of aliphatic hydroxyl groups excluding tert-OH is 1. The lowest BCUT2D eigenvalue weighted by molar-refractivity contribution is -0.131. The molecule has 1 aliphatic rings. The van der Waals surface area contributed by atoms with Crippen molar-refractivity contribution < 1.29 is 18.6 Å². The van der Waals surface area contributed by atoms with Gasteiger partial charge in [0.25, 0.3) is 5.92 Å². The first kappa shape index (κ1) is 15.1. The third kappa shape index (κ3) is 2.35. The zero-order valence-corrected chi connectivity index (χ0v) is 11.6. The summed E-state index contributed by atoms with van der Waals surface area (Å²) in [5, 5.41) is 9.60. The lowest BCUT2D eigenvalue weighted by Gasteiger charge is -2.23. The maximum absolute atomic E-state index is 14.4. The topological polar surface area (TPSA) is 64.3 Å². The average Bonchev–Trinajstić information content (AvgIpc) is 2.60. The highest BCUT2D eigenvalue weighted by Gasteiger charge is 2.60. The summed E-state index contributed by atoms with van der Waals surface area (Å²) in [5.41, 5.74) is -0.331. The Hall–Kier alpha value is -1.34. The number of nitrogens with zero attached hydrogens (tertiary/aromatic N) is 2. The molecule has 0 bridgehead atoms. The van der Waals surface area contributed by atoms with Crippen molar-refractivity contribution in [2.75, 3.05) is 0 Å². The van der Waals surface area contributed by atoms with Gasteiger partial charge in [0.15, 0.2) is 0 Å². The minimum Gasteiger partial charge on any atom is -0.391 e. The van der Waals surface area contributed by atoms with Crippen LogP contribution >= 0.6 is 0 Å². The van der Waals surface area contributed by atoms with Gasteiger partial charge in [-0.3, -0.25) is 4.57 Å². The number of rotatable bonds is 3. The molecule has 0 spiro atoms. The summed E-state index contributed by atoms with van der Waals surface area (Å²) in [4.78, 5) is 15.4. The highest BCUT2D eigenvalue weighted by molar-refractivity contribution is 5.01. The van der Waals surface area contributed by atoms with E-state index >= 15 is 0 Å². The first-order valence-corrected chi connectivity index (χ1v) is 6.56. The van der Waals surface area contributed by atoms with Crippen molar-refractivity contribution in [3.05, 3.63) is 28.4 Å². The molecular weight excluding hydrogens is 270 g/mol. The Balaban J connectivity index is 2.44. The van der Waals surface area contributed by atoms with Gasteiger partial charge in [-0.1, -0.05) is 6.92 Å². The molecule has 4 unspecified atom stereocenters. The van der Waals surface area contributed by atoms with Gasteiger partial charge in [-0.25, -0.2) is 13.6 Å². The van der Waals surface area contributed by atoms with Gasteiger partial charge in [-0.15, -0.1) is 0 Å². The van der Waals surface area contributed by atoms with Gasteiger partial charge >= 0.3 is 5.69 Å². The fourth-order valence-electron chi connectivity index (χ4n) is 2.62. The molecule has 7 heteroatoms. The van der Waals surface area contributed by atoms with Crippen molar-refractivity contribution in [3.8, 4) is 0 Å². The lowest BCUT2D eigenvalue weighted by atomic mass is 9.91. The molecule has 20 heavy (non-hydrogen) atoms. The number of aryl methyl sites for hydroxylation is 1. The highest BCUT2D eigenvalue weighted by atomic mass is 19.3. The summed E-state index contributed by atoms with van der Waals surface area (Å²) in [6.07, 6.45) is -2.38. The van der Waals surface area contributed by atoms with E-state index in [0.29, 0.717) is 5.69 Å². The van der Waals surface area contributed by atoms with Gasteiger partial charge in [0, 0.05) is 11.9 Å². The van der Waals surface area contributed by atoms with Gasteiger partial charge in [0.2, 0.25) is 6.23 Å². The Bertz CT molecular complexity index is 545. The van der Waals surface area contributed by atoms with Crippen LogP contribution in [0.15, 0.2) is 17.1 Å². The molecule has 1 aromatic heterocycles. The molecule has 4 atom stereocenters. The van der Waals surface area contributed by atoms with E-state index in [9.17, 15) is 18.7 Å². The Labute approximate surface area is 115 Å². The number of aliphatic hydroxyl groups is 1. The SMILES string of the molecule is CCC1C(C(C)O)OC(n2ccc(C)nc2=O)C1(F)F. The third-order valence-corrected chi connectivity index (χ3v) is 3.64. The summed E-state index contributed by atoms with van der Waals surface area (Å²) >= 11 is 0. The second-order valence-corrected chi connectivity index (χ2v) is 5.14. The van der Waals surface area contributed by atoms with E-state index in [2.05, 4.69) is 4.98 Å². The van der Waals surface area contributed by atoms with Crippen LogP contribution in [0, 0.1) is 12.8 Å². The summed E-state index contributed by atoms with van der Waals surface area (Å²) in [6, 6.07) is 1.47. The summed E-state index contributed by atoms with van der Waals surface area (Å²) in [5.74, 6) is -4.38. The monoisotopic (exact) mass is 288 g/mol. The van der Waals surface area contributed by atoms with Gasteiger partial charge in [-0.2, -0.15) is 4.98 Å². The first-order chi connectivity index (χ1) is 9.28. The molecule has 1 saturated heterocycles. The maximum atomic E-state index is 14.4. The summed E-state index contributed by atoms with van der Waals surface area (Å²) in [7, 11) is 0. The van der Waals surface area contributed by atoms with E-state index in [4.69, 9.17) is 4.74 Å². The zero-order valence-electron chi connectivity index (χ0n) is 11.6. The van der Waals surface area contributed by atoms with E-state index in [1.165, 1.54) is 19.2 Å². The molecule has 2 heterocycles. The van der Waals surface area contributed by atoms with Crippen molar-refractivity contribution in [2.45, 2.75) is 51.6 Å². The molecule has 1 aromatic rings. The number of hydrogen-bond donors (Lipinski definition) is 1. The molecule has 5 nitrogen and oxygen atoms in total. The molecule has 0 saturated carbocycles. The van der Waals surface area contributed by atoms with E-state index in [1.54, 1.807) is 13.8 Å². The number of hydrogen-bond acceptors (Lipinski definition) is 4. The van der Waals surface area contributed by atoms with Gasteiger partial charge < -0.3 is 9.84 Å². The Morgan fingerprint density at radius 1 is 1.60 bits per heavy atom. The molecule has 2 rings (SSSR count). The largest absolute Gasteiger partial charge is 0.391 e. The molecule has 0 aromatic carbocycles. The molecule has 0 aliphatic carbocycles. The minimum atomic E-state index is -3.24. The van der Waals surface area contributed by atoms with Crippen molar-refractivity contribution in [2.24, 2.45) is 5.92 Å². The van der Waals surface area contributed by atoms with Crippen molar-refractivity contribution in [3.63, 3.8) is 0 Å². The van der Waals surface area contributed by atoms with E-state index in [-0.39, 0.29) is 6.42 Å². The maximum Gasteiger partial charge on any atom is 0.350 e. The van der Waals surface area contributed by atoms with Gasteiger partial charge in [-0.05, 0) is 26.3 Å². The van der Waals surface area contributed by atoms with Crippen molar-refractivity contribution in [1.29, 1.82) is 0 Å². The lowest BCUT2D eigenvalue weighted by Crippen LogP contribution is -2.39. The summed E-state index contributed by atoms with van der Waals surface area (Å²) in [6.45, 7) is 4.62. The van der Waals surface area contributed by atoms with Crippen LogP contribution in [-0.4, -0.2) is 32.8 Å². The normalized spacial score (nSPS) is 30.4. The second-order valence-electron chi connectivity index (χ2n) is 5.14. The van der Waals surface area contributed by atoms with E-state index in [0.717, 1.165) is 4.57 Å². The highest BCUT2D eigenvalue weighted by Crippen LogP contribution is 2.48. The minimum absolute atomic E-state index is 0.146. The van der Waals surface area contributed by atoms with Crippen molar-refractivity contribution >= 4 is 0 Å². The molecule has 0 radical (unpaired) electrons. The van der Waals surface area contributed by atoms with Crippen LogP contribution in [0.1, 0.15) is 32.2 Å². The smallest absolute Gasteiger partial charge is 0.350 e. The van der Waals surface area contributed by atoms with Gasteiger partial charge in [0.1, 0.15) is 0 Å². The van der Waals surface area contributed by atoms with Crippen LogP contribution in [0.25, 0.3) is 0 Å². The fourth-order valence-corrected chi connectivity index (χ4v) is 2.62. The van der Waals surface area contributed by atoms with Crippen LogP contribution in [0.4, 0.5) is 8.78 Å². The number of halogens is 2.